The van der Waals surface area contributed by atoms with E-state index >= 15 is 0 Å². The number of carbonyl (C=O) groups is 1. The number of hydrogen-bond donors (Lipinski definition) is 2. The zero-order valence-corrected chi connectivity index (χ0v) is 12.5. The third kappa shape index (κ3) is 3.74. The molecule has 2 aromatic rings. The van der Waals surface area contributed by atoms with Crippen LogP contribution in [0, 0.1) is 0 Å². The van der Waals surface area contributed by atoms with E-state index in [1.165, 1.54) is 0 Å². The minimum Gasteiger partial charge on any atom is -0.455 e. The van der Waals surface area contributed by atoms with Crippen LogP contribution in [0.1, 0.15) is 22.8 Å². The molecule has 0 unspecified atom stereocenters. The molecule has 0 aliphatic heterocycles. The van der Waals surface area contributed by atoms with E-state index < -0.39 is 5.91 Å². The second-order valence-corrected chi connectivity index (χ2v) is 4.88. The van der Waals surface area contributed by atoms with Crippen molar-refractivity contribution in [3.8, 4) is 11.5 Å². The van der Waals surface area contributed by atoms with Gasteiger partial charge in [-0.2, -0.15) is 0 Å². The van der Waals surface area contributed by atoms with E-state index in [1.807, 2.05) is 19.1 Å². The lowest BCUT2D eigenvalue weighted by Crippen LogP contribution is -2.14. The van der Waals surface area contributed by atoms with Crippen LogP contribution in [0.5, 0.6) is 11.5 Å². The van der Waals surface area contributed by atoms with Gasteiger partial charge in [0.15, 0.2) is 5.75 Å². The number of para-hydroxylation sites is 2. The van der Waals surface area contributed by atoms with Crippen LogP contribution in [0.25, 0.3) is 0 Å². The van der Waals surface area contributed by atoms with Crippen molar-refractivity contribution in [3.63, 3.8) is 0 Å². The molecular weight excluding hydrogens is 288 g/mol. The van der Waals surface area contributed by atoms with Crippen molar-refractivity contribution in [2.75, 3.05) is 6.54 Å². The Hall–Kier alpha value is -2.04. The Kier molecular flexibility index (Phi) is 5.20. The predicted octanol–water partition coefficient (Wildman–Crippen LogP) is 3.34. The van der Waals surface area contributed by atoms with Crippen molar-refractivity contribution < 1.29 is 9.53 Å². The second kappa shape index (κ2) is 7.11. The fourth-order valence-corrected chi connectivity index (χ4v) is 2.17. The summed E-state index contributed by atoms with van der Waals surface area (Å²) in [6, 6.07) is 12.4. The van der Waals surface area contributed by atoms with Gasteiger partial charge in [-0.1, -0.05) is 42.8 Å². The van der Waals surface area contributed by atoms with Crippen LogP contribution in [0.2, 0.25) is 5.02 Å². The summed E-state index contributed by atoms with van der Waals surface area (Å²) < 4.78 is 5.86. The number of primary amides is 1. The molecule has 0 aliphatic carbocycles. The van der Waals surface area contributed by atoms with E-state index in [-0.39, 0.29) is 0 Å². The Morgan fingerprint density at radius 3 is 2.71 bits per heavy atom. The number of amides is 1. The number of nitrogens with one attached hydrogen (secondary N) is 1. The smallest absolute Gasteiger partial charge is 0.252 e. The molecule has 0 saturated heterocycles. The minimum atomic E-state index is -0.536. The molecule has 0 spiro atoms. The van der Waals surface area contributed by atoms with Crippen LogP contribution < -0.4 is 15.8 Å². The van der Waals surface area contributed by atoms with E-state index in [0.717, 1.165) is 12.1 Å². The summed E-state index contributed by atoms with van der Waals surface area (Å²) in [5, 5.41) is 3.72. The summed E-state index contributed by atoms with van der Waals surface area (Å²) in [4.78, 5) is 11.5. The standard InChI is InChI=1S/C16H17ClN2O2/c1-2-19-10-11-6-5-8-13(17)15(11)21-14-9-4-3-7-12(14)16(18)20/h3-9,19H,2,10H2,1H3,(H2,18,20). The van der Waals surface area contributed by atoms with E-state index in [4.69, 9.17) is 22.1 Å². The van der Waals surface area contributed by atoms with Crippen LogP contribution in [0.4, 0.5) is 0 Å². The highest BCUT2D eigenvalue weighted by molar-refractivity contribution is 6.32. The van der Waals surface area contributed by atoms with Crippen molar-refractivity contribution >= 4 is 17.5 Å². The zero-order chi connectivity index (χ0) is 15.2. The van der Waals surface area contributed by atoms with Crippen LogP contribution >= 0.6 is 11.6 Å². The fourth-order valence-electron chi connectivity index (χ4n) is 1.94. The van der Waals surface area contributed by atoms with Crippen molar-refractivity contribution in [2.45, 2.75) is 13.5 Å². The van der Waals surface area contributed by atoms with Crippen LogP contribution in [-0.2, 0) is 6.54 Å². The van der Waals surface area contributed by atoms with Gasteiger partial charge < -0.3 is 15.8 Å². The molecule has 0 aliphatic rings. The van der Waals surface area contributed by atoms with Crippen LogP contribution in [0.3, 0.4) is 0 Å². The van der Waals surface area contributed by atoms with E-state index in [0.29, 0.717) is 28.6 Å². The Labute approximate surface area is 128 Å². The molecule has 0 bridgehead atoms. The number of nitrogens with two attached hydrogens (primary N) is 1. The lowest BCUT2D eigenvalue weighted by atomic mass is 10.1. The summed E-state index contributed by atoms with van der Waals surface area (Å²) in [5.74, 6) is 0.399. The normalized spacial score (nSPS) is 10.4. The topological polar surface area (TPSA) is 64.3 Å². The van der Waals surface area contributed by atoms with Gasteiger partial charge in [0.25, 0.3) is 5.91 Å². The van der Waals surface area contributed by atoms with Gasteiger partial charge in [0, 0.05) is 12.1 Å². The van der Waals surface area contributed by atoms with E-state index in [9.17, 15) is 4.79 Å². The number of hydrogen-bond acceptors (Lipinski definition) is 3. The third-order valence-corrected chi connectivity index (χ3v) is 3.28. The molecule has 4 nitrogen and oxygen atoms in total. The average Bonchev–Trinajstić information content (AvgIpc) is 2.48. The molecule has 3 N–H and O–H groups in total. The molecule has 5 heteroatoms. The summed E-state index contributed by atoms with van der Waals surface area (Å²) in [7, 11) is 0. The lowest BCUT2D eigenvalue weighted by Gasteiger charge is -2.14. The van der Waals surface area contributed by atoms with Gasteiger partial charge in [-0.05, 0) is 24.7 Å². The van der Waals surface area contributed by atoms with Gasteiger partial charge >= 0.3 is 0 Å². The average molecular weight is 305 g/mol. The monoisotopic (exact) mass is 304 g/mol. The summed E-state index contributed by atoms with van der Waals surface area (Å²) in [5.41, 5.74) is 6.61. The molecule has 0 saturated carbocycles. The first-order valence-electron chi connectivity index (χ1n) is 6.68. The highest BCUT2D eigenvalue weighted by Crippen LogP contribution is 2.34. The maximum Gasteiger partial charge on any atom is 0.252 e. The van der Waals surface area contributed by atoms with E-state index in [2.05, 4.69) is 5.32 Å². The Bertz CT molecular complexity index is 644. The van der Waals surface area contributed by atoms with Crippen LogP contribution in [-0.4, -0.2) is 12.5 Å². The second-order valence-electron chi connectivity index (χ2n) is 4.47. The van der Waals surface area contributed by atoms with Crippen LogP contribution in [0.15, 0.2) is 42.5 Å². The SMILES string of the molecule is CCNCc1cccc(Cl)c1Oc1ccccc1C(N)=O. The summed E-state index contributed by atoms with van der Waals surface area (Å²) in [6.45, 7) is 3.49. The molecule has 2 rings (SSSR count). The molecule has 0 heterocycles. The van der Waals surface area contributed by atoms with Crippen molar-refractivity contribution in [1.82, 2.24) is 5.32 Å². The third-order valence-electron chi connectivity index (χ3n) is 2.98. The van der Waals surface area contributed by atoms with Gasteiger partial charge in [-0.15, -0.1) is 0 Å². The molecule has 0 atom stereocenters. The zero-order valence-electron chi connectivity index (χ0n) is 11.7. The number of carbonyl (C=O) groups excluding carboxylic acids is 1. The lowest BCUT2D eigenvalue weighted by molar-refractivity contribution is 0.0998. The Balaban J connectivity index is 2.37. The van der Waals surface area contributed by atoms with Crippen molar-refractivity contribution in [3.05, 3.63) is 58.6 Å². The fraction of sp³-hybridized carbons (Fsp3) is 0.188. The first-order valence-corrected chi connectivity index (χ1v) is 7.06. The number of rotatable bonds is 6. The van der Waals surface area contributed by atoms with Gasteiger partial charge in [0.05, 0.1) is 10.6 Å². The highest BCUT2D eigenvalue weighted by Gasteiger charge is 2.14. The van der Waals surface area contributed by atoms with Gasteiger partial charge in [0.2, 0.25) is 0 Å². The number of halogens is 1. The Morgan fingerprint density at radius 2 is 2.00 bits per heavy atom. The van der Waals surface area contributed by atoms with Gasteiger partial charge in [0.1, 0.15) is 5.75 Å². The molecule has 0 fully saturated rings. The largest absolute Gasteiger partial charge is 0.455 e. The Morgan fingerprint density at radius 1 is 1.24 bits per heavy atom. The maximum absolute atomic E-state index is 11.5. The molecule has 21 heavy (non-hydrogen) atoms. The van der Waals surface area contributed by atoms with Gasteiger partial charge in [-0.3, -0.25) is 4.79 Å². The molecule has 2 aromatic carbocycles. The maximum atomic E-state index is 11.5. The highest BCUT2D eigenvalue weighted by atomic mass is 35.5. The summed E-state index contributed by atoms with van der Waals surface area (Å²) >= 11 is 6.22. The number of ether oxygens (including phenoxy) is 1. The first kappa shape index (κ1) is 15.4. The predicted molar refractivity (Wildman–Crippen MR) is 83.9 cm³/mol. The van der Waals surface area contributed by atoms with Crippen molar-refractivity contribution in [2.24, 2.45) is 5.73 Å². The first-order chi connectivity index (χ1) is 10.1. The molecule has 0 radical (unpaired) electrons. The summed E-state index contributed by atoms with van der Waals surface area (Å²) in [6.07, 6.45) is 0. The quantitative estimate of drug-likeness (QED) is 0.860. The molecule has 110 valence electrons. The minimum absolute atomic E-state index is 0.326. The van der Waals surface area contributed by atoms with Crippen molar-refractivity contribution in [1.29, 1.82) is 0 Å². The number of benzene rings is 2. The van der Waals surface area contributed by atoms with E-state index in [1.54, 1.807) is 30.3 Å². The van der Waals surface area contributed by atoms with Gasteiger partial charge in [-0.25, -0.2) is 0 Å². The molecular formula is C16H17ClN2O2. The molecule has 0 aromatic heterocycles. The molecule has 1 amide bonds.